The van der Waals surface area contributed by atoms with Crippen LogP contribution in [0.2, 0.25) is 0 Å². The lowest BCUT2D eigenvalue weighted by atomic mass is 9.66. The van der Waals surface area contributed by atoms with Crippen molar-refractivity contribution < 1.29 is 35.5 Å². The maximum Gasteiger partial charge on any atom is 0.427 e. The molecule has 1 aliphatic heterocycles. The predicted molar refractivity (Wildman–Crippen MR) is 122 cm³/mol. The second-order valence-corrected chi connectivity index (χ2v) is 9.94. The summed E-state index contributed by atoms with van der Waals surface area (Å²) in [6.45, 7) is 5.20. The first kappa shape index (κ1) is 28.4. The third kappa shape index (κ3) is 4.98. The molecule has 0 bridgehead atoms. The Labute approximate surface area is 206 Å². The summed E-state index contributed by atoms with van der Waals surface area (Å²) in [5.74, 6) is -0.539. The van der Waals surface area contributed by atoms with Crippen molar-refractivity contribution >= 4 is 0 Å². The molecule has 3 nitrogen and oxygen atoms in total. The first-order chi connectivity index (χ1) is 16.6. The van der Waals surface area contributed by atoms with Gasteiger partial charge in [0.15, 0.2) is 0 Å². The van der Waals surface area contributed by atoms with Gasteiger partial charge in [-0.3, -0.25) is 9.88 Å². The third-order valence-electron chi connectivity index (χ3n) is 7.47. The van der Waals surface area contributed by atoms with Gasteiger partial charge in [0, 0.05) is 36.0 Å². The second-order valence-electron chi connectivity index (χ2n) is 9.94. The highest BCUT2D eigenvalue weighted by molar-refractivity contribution is 5.24. The molecular formula is C26H31F7N2O. The van der Waals surface area contributed by atoms with E-state index in [1.165, 1.54) is 12.1 Å². The van der Waals surface area contributed by atoms with Crippen molar-refractivity contribution in [3.05, 3.63) is 65.2 Å². The van der Waals surface area contributed by atoms with Crippen LogP contribution in [0.1, 0.15) is 50.4 Å². The number of aromatic nitrogens is 1. The van der Waals surface area contributed by atoms with Crippen LogP contribution in [0.5, 0.6) is 0 Å². The van der Waals surface area contributed by atoms with Crippen LogP contribution >= 0.6 is 0 Å². The van der Waals surface area contributed by atoms with Crippen molar-refractivity contribution in [1.82, 2.24) is 9.88 Å². The molecule has 0 amide bonds. The molecule has 0 aliphatic carbocycles. The topological polar surface area (TPSA) is 25.4 Å². The molecule has 1 aliphatic rings. The molecule has 10 heteroatoms. The molecule has 1 saturated heterocycles. The number of likely N-dealkylation sites (tertiary alicyclic amines) is 1. The van der Waals surface area contributed by atoms with Gasteiger partial charge in [-0.2, -0.15) is 26.3 Å². The average molecular weight is 521 g/mol. The fourth-order valence-corrected chi connectivity index (χ4v) is 5.36. The van der Waals surface area contributed by atoms with Crippen molar-refractivity contribution in [3.8, 4) is 0 Å². The summed E-state index contributed by atoms with van der Waals surface area (Å²) in [4.78, 5) is 5.90. The summed E-state index contributed by atoms with van der Waals surface area (Å²) in [6, 6.07) is 8.57. The number of rotatable bonds is 8. The molecule has 0 N–H and O–H groups in total. The molecule has 3 rings (SSSR count). The van der Waals surface area contributed by atoms with E-state index < -0.39 is 54.3 Å². The summed E-state index contributed by atoms with van der Waals surface area (Å²) >= 11 is 0. The summed E-state index contributed by atoms with van der Waals surface area (Å²) in [7, 11) is 0. The highest BCUT2D eigenvalue weighted by Crippen LogP contribution is 2.61. The Morgan fingerprint density at radius 3 is 2.08 bits per heavy atom. The molecule has 2 aromatic rings. The van der Waals surface area contributed by atoms with Crippen LogP contribution in [0, 0.1) is 18.2 Å². The number of halogens is 7. The summed E-state index contributed by atoms with van der Waals surface area (Å²) in [5.41, 5.74) is -5.70. The molecule has 1 aromatic carbocycles. The van der Waals surface area contributed by atoms with E-state index in [4.69, 9.17) is 4.74 Å². The largest absolute Gasteiger partial charge is 0.427 e. The van der Waals surface area contributed by atoms with Crippen molar-refractivity contribution in [3.63, 3.8) is 0 Å². The molecule has 200 valence electrons. The van der Waals surface area contributed by atoms with Gasteiger partial charge in [-0.05, 0) is 82.8 Å². The first-order valence-electron chi connectivity index (χ1n) is 11.8. The fraction of sp³-hybridized carbons (Fsp3) is 0.577. The number of hydrogen-bond acceptors (Lipinski definition) is 3. The monoisotopic (exact) mass is 520 g/mol. The van der Waals surface area contributed by atoms with E-state index in [0.29, 0.717) is 11.1 Å². The van der Waals surface area contributed by atoms with Crippen LogP contribution in [0.3, 0.4) is 0 Å². The first-order valence-corrected chi connectivity index (χ1v) is 11.8. The van der Waals surface area contributed by atoms with E-state index in [1.807, 2.05) is 0 Å². The van der Waals surface area contributed by atoms with E-state index in [1.54, 1.807) is 44.0 Å². The van der Waals surface area contributed by atoms with Gasteiger partial charge in [0.05, 0.1) is 0 Å². The number of ether oxygens (including phenoxy) is 1. The van der Waals surface area contributed by atoms with Crippen LogP contribution < -0.4 is 0 Å². The zero-order valence-electron chi connectivity index (χ0n) is 20.7. The lowest BCUT2D eigenvalue weighted by Gasteiger charge is -2.50. The quantitative estimate of drug-likeness (QED) is 0.351. The maximum atomic E-state index is 14.6. The van der Waals surface area contributed by atoms with Gasteiger partial charge in [-0.15, -0.1) is 0 Å². The zero-order chi connectivity index (χ0) is 27.0. The third-order valence-corrected chi connectivity index (χ3v) is 7.47. The minimum Gasteiger partial charge on any atom is -0.358 e. The van der Waals surface area contributed by atoms with Gasteiger partial charge < -0.3 is 4.74 Å². The standard InChI is InChI=1S/C26H31F7N2O/c1-5-36-24(25(28,29)30,26(31,32)33)23(13-12-19-7-10-21(27)11-8-19)14-15-35(17-23)22(3,4)20-9-6-18(2)34-16-20/h6-11,16H,5,12-15,17H2,1-4H3/t23-/m1/s1. The number of pyridine rings is 1. The van der Waals surface area contributed by atoms with E-state index >= 15 is 0 Å². The molecule has 0 saturated carbocycles. The van der Waals surface area contributed by atoms with Gasteiger partial charge in [0.25, 0.3) is 5.60 Å². The highest BCUT2D eigenvalue weighted by atomic mass is 19.4. The normalized spacial score (nSPS) is 20.2. The highest BCUT2D eigenvalue weighted by Gasteiger charge is 2.81. The van der Waals surface area contributed by atoms with E-state index in [0.717, 1.165) is 24.8 Å². The Morgan fingerprint density at radius 2 is 1.58 bits per heavy atom. The Hall–Kier alpha value is -2.20. The average Bonchev–Trinajstić information content (AvgIpc) is 3.22. The molecule has 0 radical (unpaired) electrons. The van der Waals surface area contributed by atoms with Crippen molar-refractivity contribution in [2.75, 3.05) is 19.7 Å². The second kappa shape index (κ2) is 9.93. The van der Waals surface area contributed by atoms with Crippen LogP contribution in [-0.4, -0.2) is 47.5 Å². The lowest BCUT2D eigenvalue weighted by Crippen LogP contribution is -2.69. The Balaban J connectivity index is 2.10. The number of alkyl halides is 6. The Morgan fingerprint density at radius 1 is 0.972 bits per heavy atom. The molecule has 0 unspecified atom stereocenters. The van der Waals surface area contributed by atoms with Crippen LogP contribution in [0.4, 0.5) is 30.7 Å². The van der Waals surface area contributed by atoms with Gasteiger partial charge in [0.1, 0.15) is 5.82 Å². The van der Waals surface area contributed by atoms with Gasteiger partial charge in [-0.1, -0.05) is 18.2 Å². The zero-order valence-corrected chi connectivity index (χ0v) is 20.7. The van der Waals surface area contributed by atoms with Gasteiger partial charge in [-0.25, -0.2) is 4.39 Å². The van der Waals surface area contributed by atoms with E-state index in [-0.39, 0.29) is 19.4 Å². The molecule has 0 spiro atoms. The lowest BCUT2D eigenvalue weighted by molar-refractivity contribution is -0.415. The molecule has 1 fully saturated rings. The molecule has 2 heterocycles. The van der Waals surface area contributed by atoms with Crippen molar-refractivity contribution in [1.29, 1.82) is 0 Å². The van der Waals surface area contributed by atoms with Crippen LogP contribution in [0.25, 0.3) is 0 Å². The van der Waals surface area contributed by atoms with Crippen LogP contribution in [0.15, 0.2) is 42.6 Å². The SMILES string of the molecule is CCOC(C(F)(F)F)(C(F)(F)F)[C@]1(CCc2ccc(F)cc2)CCN(C(C)(C)c2ccc(C)nc2)C1. The molecular weight excluding hydrogens is 489 g/mol. The smallest absolute Gasteiger partial charge is 0.358 e. The summed E-state index contributed by atoms with van der Waals surface area (Å²) in [5, 5.41) is 0. The number of nitrogens with zero attached hydrogens (tertiary/aromatic N) is 2. The molecule has 1 atom stereocenters. The minimum absolute atomic E-state index is 0.00524. The van der Waals surface area contributed by atoms with Gasteiger partial charge >= 0.3 is 12.4 Å². The minimum atomic E-state index is -5.71. The number of aryl methyl sites for hydroxylation is 2. The Kier molecular flexibility index (Phi) is 7.82. The summed E-state index contributed by atoms with van der Waals surface area (Å²) < 4.78 is 106. The van der Waals surface area contributed by atoms with E-state index in [2.05, 4.69) is 4.98 Å². The van der Waals surface area contributed by atoms with Crippen molar-refractivity contribution in [2.45, 2.75) is 70.4 Å². The number of hydrogen-bond donors (Lipinski definition) is 0. The molecule has 36 heavy (non-hydrogen) atoms. The number of benzene rings is 1. The van der Waals surface area contributed by atoms with Gasteiger partial charge in [0.2, 0.25) is 0 Å². The van der Waals surface area contributed by atoms with Crippen molar-refractivity contribution in [2.24, 2.45) is 5.41 Å². The molecule has 1 aromatic heterocycles. The Bertz CT molecular complexity index is 1000. The fourth-order valence-electron chi connectivity index (χ4n) is 5.36. The maximum absolute atomic E-state index is 14.6. The van der Waals surface area contributed by atoms with E-state index in [9.17, 15) is 30.7 Å². The van der Waals surface area contributed by atoms with Crippen LogP contribution in [-0.2, 0) is 16.7 Å². The predicted octanol–water partition coefficient (Wildman–Crippen LogP) is 6.99. The summed E-state index contributed by atoms with van der Waals surface area (Å²) in [6.07, 6.45) is -10.8.